The van der Waals surface area contributed by atoms with Crippen molar-refractivity contribution in [3.05, 3.63) is 65.2 Å². The monoisotopic (exact) mass is 490 g/mol. The Balaban J connectivity index is 1.16. The number of fused-ring (bicyclic) bond motifs is 5. The summed E-state index contributed by atoms with van der Waals surface area (Å²) < 4.78 is 5.58. The molecular formula is C27H23ClN2O5. The van der Waals surface area contributed by atoms with Crippen molar-refractivity contribution in [3.63, 3.8) is 0 Å². The summed E-state index contributed by atoms with van der Waals surface area (Å²) in [5.41, 5.74) is 1.84. The van der Waals surface area contributed by atoms with Crippen LogP contribution in [0.5, 0.6) is 5.75 Å². The quantitative estimate of drug-likeness (QED) is 0.281. The van der Waals surface area contributed by atoms with Crippen LogP contribution in [0.15, 0.2) is 54.6 Å². The number of allylic oxidation sites excluding steroid dienone is 2. The van der Waals surface area contributed by atoms with Crippen LogP contribution in [0.3, 0.4) is 0 Å². The molecule has 5 atom stereocenters. The third kappa shape index (κ3) is 3.48. The van der Waals surface area contributed by atoms with E-state index >= 15 is 0 Å². The van der Waals surface area contributed by atoms with Crippen molar-refractivity contribution in [1.82, 2.24) is 0 Å². The molecular weight excluding hydrogens is 468 g/mol. The molecule has 7 nitrogen and oxygen atoms in total. The Kier molecular flexibility index (Phi) is 5.07. The maximum absolute atomic E-state index is 13.1. The number of esters is 1. The number of nitrogens with zero attached hydrogens (tertiary/aromatic N) is 2. The number of benzene rings is 2. The van der Waals surface area contributed by atoms with Crippen LogP contribution in [-0.2, 0) is 19.2 Å². The zero-order chi connectivity index (χ0) is 24.4. The fourth-order valence-electron chi connectivity index (χ4n) is 6.04. The highest BCUT2D eigenvalue weighted by Gasteiger charge is 2.59. The second-order valence-corrected chi connectivity index (χ2v) is 10.2. The van der Waals surface area contributed by atoms with Crippen LogP contribution in [0, 0.1) is 36.5 Å². The van der Waals surface area contributed by atoms with Gasteiger partial charge in [-0.15, -0.1) is 0 Å². The van der Waals surface area contributed by atoms with Gasteiger partial charge in [-0.25, -0.2) is 4.90 Å². The van der Waals surface area contributed by atoms with E-state index in [0.29, 0.717) is 27.7 Å². The molecule has 3 fully saturated rings. The SMILES string of the molecule is Cc1cc(OC(=O)[C@@H]2CC(=O)N(c3cccc(Cl)c3)C2)ccc1N1C(=O)[C@@H]2[C@H](C1=O)[C@H]1C=C[C@H]2C1. The third-order valence-electron chi connectivity index (χ3n) is 7.68. The Morgan fingerprint density at radius 1 is 1.00 bits per heavy atom. The van der Waals surface area contributed by atoms with Gasteiger partial charge in [-0.3, -0.25) is 19.2 Å². The molecule has 4 aliphatic rings. The van der Waals surface area contributed by atoms with Gasteiger partial charge in [0.2, 0.25) is 17.7 Å². The molecule has 6 rings (SSSR count). The highest BCUT2D eigenvalue weighted by molar-refractivity contribution is 6.31. The molecule has 2 saturated heterocycles. The fourth-order valence-corrected chi connectivity index (χ4v) is 6.23. The van der Waals surface area contributed by atoms with Crippen molar-refractivity contribution in [1.29, 1.82) is 0 Å². The Morgan fingerprint density at radius 3 is 2.37 bits per heavy atom. The zero-order valence-electron chi connectivity index (χ0n) is 19.0. The number of hydrogen-bond acceptors (Lipinski definition) is 5. The van der Waals surface area contributed by atoms with Gasteiger partial charge >= 0.3 is 5.97 Å². The lowest BCUT2D eigenvalue weighted by molar-refractivity contribution is -0.139. The summed E-state index contributed by atoms with van der Waals surface area (Å²) in [6.07, 6.45) is 5.07. The number of imide groups is 1. The zero-order valence-corrected chi connectivity index (χ0v) is 19.8. The maximum atomic E-state index is 13.1. The summed E-state index contributed by atoms with van der Waals surface area (Å²) in [4.78, 5) is 54.4. The number of amides is 3. The number of ether oxygens (including phenoxy) is 1. The first-order valence-corrected chi connectivity index (χ1v) is 12.1. The molecule has 35 heavy (non-hydrogen) atoms. The normalized spacial score (nSPS) is 28.9. The van der Waals surface area contributed by atoms with Crippen LogP contribution in [0.1, 0.15) is 18.4 Å². The number of carbonyl (C=O) groups is 4. The lowest BCUT2D eigenvalue weighted by Gasteiger charge is -2.20. The van der Waals surface area contributed by atoms with Gasteiger partial charge < -0.3 is 9.64 Å². The van der Waals surface area contributed by atoms with E-state index in [0.717, 1.165) is 6.42 Å². The van der Waals surface area contributed by atoms with Gasteiger partial charge in [0.05, 0.1) is 23.4 Å². The lowest BCUT2D eigenvalue weighted by Crippen LogP contribution is -2.33. The summed E-state index contributed by atoms with van der Waals surface area (Å²) in [7, 11) is 0. The summed E-state index contributed by atoms with van der Waals surface area (Å²) >= 11 is 6.04. The van der Waals surface area contributed by atoms with Gasteiger partial charge in [0.15, 0.2) is 0 Å². The minimum absolute atomic E-state index is 0.0539. The Bertz CT molecular complexity index is 1290. The average Bonchev–Trinajstić information content (AvgIpc) is 3.58. The minimum Gasteiger partial charge on any atom is -0.426 e. The number of hydrogen-bond donors (Lipinski definition) is 0. The standard InChI is InChI=1S/C27H23ClN2O5/c1-14-9-20(35-27(34)17-11-22(31)29(13-17)19-4-2-3-18(28)12-19)7-8-21(14)30-25(32)23-15-5-6-16(10-15)24(23)26(30)33/h2-9,12,15-17,23-24H,10-11,13H2,1H3/t15-,16-,17+,23-,24+/m0/s1. The molecule has 2 bridgehead atoms. The molecule has 0 unspecified atom stereocenters. The lowest BCUT2D eigenvalue weighted by atomic mass is 9.85. The van der Waals surface area contributed by atoms with Crippen LogP contribution in [-0.4, -0.2) is 30.2 Å². The van der Waals surface area contributed by atoms with Crippen LogP contribution < -0.4 is 14.5 Å². The van der Waals surface area contributed by atoms with Crippen LogP contribution in [0.25, 0.3) is 0 Å². The summed E-state index contributed by atoms with van der Waals surface area (Å²) in [6.45, 7) is 2.00. The molecule has 8 heteroatoms. The number of carbonyl (C=O) groups excluding carboxylic acids is 4. The summed E-state index contributed by atoms with van der Waals surface area (Å²) in [6, 6.07) is 11.8. The van der Waals surface area contributed by atoms with Gasteiger partial charge in [0.25, 0.3) is 0 Å². The molecule has 3 amide bonds. The number of halogens is 1. The van der Waals surface area contributed by atoms with E-state index in [-0.39, 0.29) is 54.4 Å². The van der Waals surface area contributed by atoms with Crippen LogP contribution in [0.2, 0.25) is 5.02 Å². The molecule has 178 valence electrons. The molecule has 1 saturated carbocycles. The van der Waals surface area contributed by atoms with E-state index in [1.54, 1.807) is 49.4 Å². The van der Waals surface area contributed by atoms with Gasteiger partial charge in [-0.1, -0.05) is 29.8 Å². The van der Waals surface area contributed by atoms with Crippen molar-refractivity contribution in [3.8, 4) is 5.75 Å². The molecule has 2 aliphatic carbocycles. The van der Waals surface area contributed by atoms with Crippen molar-refractivity contribution in [2.45, 2.75) is 19.8 Å². The maximum Gasteiger partial charge on any atom is 0.316 e. The molecule has 2 aromatic rings. The van der Waals surface area contributed by atoms with Crippen LogP contribution in [0.4, 0.5) is 11.4 Å². The van der Waals surface area contributed by atoms with E-state index in [1.165, 1.54) is 9.80 Å². The number of aryl methyl sites for hydroxylation is 1. The van der Waals surface area contributed by atoms with E-state index in [9.17, 15) is 19.2 Å². The summed E-state index contributed by atoms with van der Waals surface area (Å²) in [5, 5.41) is 0.513. The number of rotatable bonds is 4. The van der Waals surface area contributed by atoms with Gasteiger partial charge in [-0.2, -0.15) is 0 Å². The van der Waals surface area contributed by atoms with Gasteiger partial charge in [-0.05, 0) is 67.1 Å². The third-order valence-corrected chi connectivity index (χ3v) is 7.91. The van der Waals surface area contributed by atoms with Gasteiger partial charge in [0.1, 0.15) is 5.75 Å². The van der Waals surface area contributed by atoms with Crippen LogP contribution >= 0.6 is 11.6 Å². The van der Waals surface area contributed by atoms with E-state index in [4.69, 9.17) is 16.3 Å². The van der Waals surface area contributed by atoms with Crippen molar-refractivity contribution in [2.75, 3.05) is 16.3 Å². The molecule has 2 heterocycles. The second kappa shape index (κ2) is 8.05. The smallest absolute Gasteiger partial charge is 0.316 e. The largest absolute Gasteiger partial charge is 0.426 e. The second-order valence-electron chi connectivity index (χ2n) is 9.77. The molecule has 0 radical (unpaired) electrons. The number of anilines is 2. The van der Waals surface area contributed by atoms with Crippen molar-refractivity contribution in [2.24, 2.45) is 29.6 Å². The molecule has 2 aliphatic heterocycles. The van der Waals surface area contributed by atoms with Crippen molar-refractivity contribution >= 4 is 46.7 Å². The van der Waals surface area contributed by atoms with E-state index in [2.05, 4.69) is 12.2 Å². The van der Waals surface area contributed by atoms with Crippen molar-refractivity contribution < 1.29 is 23.9 Å². The Morgan fingerprint density at radius 2 is 1.71 bits per heavy atom. The molecule has 0 N–H and O–H groups in total. The summed E-state index contributed by atoms with van der Waals surface area (Å²) in [5.74, 6) is -1.49. The first kappa shape index (κ1) is 22.0. The van der Waals surface area contributed by atoms with E-state index in [1.807, 2.05) is 0 Å². The molecule has 0 spiro atoms. The van der Waals surface area contributed by atoms with E-state index < -0.39 is 11.9 Å². The Labute approximate surface area is 207 Å². The predicted molar refractivity (Wildman–Crippen MR) is 129 cm³/mol. The molecule has 2 aromatic carbocycles. The minimum atomic E-state index is -0.606. The molecule has 0 aromatic heterocycles. The Hall–Kier alpha value is -3.45. The average molecular weight is 491 g/mol. The predicted octanol–water partition coefficient (Wildman–Crippen LogP) is 3.92. The first-order valence-electron chi connectivity index (χ1n) is 11.8. The fraction of sp³-hybridized carbons (Fsp3) is 0.333. The van der Waals surface area contributed by atoms with Gasteiger partial charge in [0, 0.05) is 23.7 Å². The highest BCUT2D eigenvalue weighted by Crippen LogP contribution is 2.53. The highest BCUT2D eigenvalue weighted by atomic mass is 35.5. The first-order chi connectivity index (χ1) is 16.8. The topological polar surface area (TPSA) is 84.0 Å².